The van der Waals surface area contributed by atoms with Gasteiger partial charge in [-0.05, 0) is 38.0 Å². The van der Waals surface area contributed by atoms with Crippen LogP contribution in [0.3, 0.4) is 0 Å². The molecule has 1 N–H and O–H groups in total. The summed E-state index contributed by atoms with van der Waals surface area (Å²) in [4.78, 5) is 23.0. The van der Waals surface area contributed by atoms with E-state index in [1.807, 2.05) is 16.7 Å². The number of nitro benzene ring substituents is 1. The smallest absolute Gasteiger partial charge is 0.271 e. The zero-order valence-electron chi connectivity index (χ0n) is 15.9. The van der Waals surface area contributed by atoms with Gasteiger partial charge in [-0.1, -0.05) is 23.4 Å². The Morgan fingerprint density at radius 1 is 1.43 bits per heavy atom. The van der Waals surface area contributed by atoms with Gasteiger partial charge in [0.25, 0.3) is 5.69 Å². The number of amides is 1. The maximum Gasteiger partial charge on any atom is 0.271 e. The first-order valence-electron chi connectivity index (χ1n) is 9.29. The van der Waals surface area contributed by atoms with Gasteiger partial charge in [-0.15, -0.1) is 10.2 Å². The number of rotatable bonds is 8. The van der Waals surface area contributed by atoms with Gasteiger partial charge in [0.05, 0.1) is 33.7 Å². The van der Waals surface area contributed by atoms with Crippen LogP contribution in [-0.2, 0) is 11.3 Å². The third-order valence-electron chi connectivity index (χ3n) is 4.65. The van der Waals surface area contributed by atoms with Gasteiger partial charge >= 0.3 is 0 Å². The molecule has 3 aromatic rings. The number of furan rings is 1. The number of hydrogen-bond acceptors (Lipinski definition) is 7. The second-order valence-electron chi connectivity index (χ2n) is 6.95. The lowest BCUT2D eigenvalue weighted by atomic mass is 10.2. The van der Waals surface area contributed by atoms with Crippen LogP contribution in [0.5, 0.6) is 0 Å². The molecule has 0 radical (unpaired) electrons. The summed E-state index contributed by atoms with van der Waals surface area (Å²) in [6, 6.07) is 7.63. The molecule has 1 aliphatic rings. The first-order valence-corrected chi connectivity index (χ1v) is 10.5. The molecule has 9 nitrogen and oxygen atoms in total. The lowest BCUT2D eigenvalue weighted by Crippen LogP contribution is -2.23. The van der Waals surface area contributed by atoms with Gasteiger partial charge in [0, 0.05) is 18.1 Å². The number of non-ortho nitro benzene ring substituents is 1. The Balaban J connectivity index is 1.47. The Morgan fingerprint density at radius 2 is 2.23 bits per heavy atom. The molecule has 11 heteroatoms. The second kappa shape index (κ2) is 8.49. The molecule has 30 heavy (non-hydrogen) atoms. The highest BCUT2D eigenvalue weighted by molar-refractivity contribution is 8.00. The van der Waals surface area contributed by atoms with Crippen LogP contribution in [0, 0.1) is 10.1 Å². The van der Waals surface area contributed by atoms with Gasteiger partial charge in [-0.25, -0.2) is 0 Å². The predicted octanol–water partition coefficient (Wildman–Crippen LogP) is 4.48. The molecule has 0 aliphatic heterocycles. The fraction of sp³-hybridized carbons (Fsp3) is 0.316. The van der Waals surface area contributed by atoms with Gasteiger partial charge in [0.2, 0.25) is 5.91 Å². The SMILES string of the molecule is CC(Sc1nnc(C2CC2)n1Cc1ccco1)C(=O)Nc1ccc([N+](=O)[O-])cc1Cl. The number of anilines is 1. The summed E-state index contributed by atoms with van der Waals surface area (Å²) in [5, 5.41) is 22.4. The standard InChI is InChI=1S/C19H18ClN5O4S/c1-11(18(26)21-16-7-6-13(25(27)28)9-15(16)20)30-19-23-22-17(12-4-5-12)24(19)10-14-3-2-8-29-14/h2-3,6-9,11-12H,4-5,10H2,1H3,(H,21,26). The van der Waals surface area contributed by atoms with Crippen LogP contribution in [-0.4, -0.2) is 30.8 Å². The van der Waals surface area contributed by atoms with Crippen molar-refractivity contribution in [2.75, 3.05) is 5.32 Å². The Hall–Kier alpha value is -2.85. The maximum absolute atomic E-state index is 12.7. The summed E-state index contributed by atoms with van der Waals surface area (Å²) < 4.78 is 7.45. The average Bonchev–Trinajstić information content (AvgIpc) is 3.29. The van der Waals surface area contributed by atoms with Crippen molar-refractivity contribution in [3.05, 3.63) is 63.3 Å². The van der Waals surface area contributed by atoms with Crippen molar-refractivity contribution in [1.82, 2.24) is 14.8 Å². The highest BCUT2D eigenvalue weighted by Gasteiger charge is 2.31. The topological polar surface area (TPSA) is 116 Å². The molecular formula is C19H18ClN5O4S. The summed E-state index contributed by atoms with van der Waals surface area (Å²) in [6.45, 7) is 2.25. The highest BCUT2D eigenvalue weighted by atomic mass is 35.5. The molecule has 1 amide bonds. The normalized spacial score (nSPS) is 14.5. The van der Waals surface area contributed by atoms with E-state index in [-0.39, 0.29) is 16.6 Å². The highest BCUT2D eigenvalue weighted by Crippen LogP contribution is 2.40. The predicted molar refractivity (Wildman–Crippen MR) is 112 cm³/mol. The van der Waals surface area contributed by atoms with Gasteiger partial charge in [0.1, 0.15) is 11.6 Å². The van der Waals surface area contributed by atoms with Crippen LogP contribution in [0.4, 0.5) is 11.4 Å². The van der Waals surface area contributed by atoms with Crippen molar-refractivity contribution in [2.24, 2.45) is 0 Å². The largest absolute Gasteiger partial charge is 0.467 e. The number of aromatic nitrogens is 3. The van der Waals surface area contributed by atoms with Gasteiger partial charge < -0.3 is 9.73 Å². The third kappa shape index (κ3) is 4.49. The Bertz CT molecular complexity index is 1080. The van der Waals surface area contributed by atoms with Crippen molar-refractivity contribution < 1.29 is 14.1 Å². The summed E-state index contributed by atoms with van der Waals surface area (Å²) in [6.07, 6.45) is 3.78. The van der Waals surface area contributed by atoms with E-state index in [1.54, 1.807) is 13.2 Å². The first kappa shape index (κ1) is 20.4. The van der Waals surface area contributed by atoms with Crippen LogP contribution < -0.4 is 5.32 Å². The van der Waals surface area contributed by atoms with E-state index in [2.05, 4.69) is 15.5 Å². The monoisotopic (exact) mass is 447 g/mol. The van der Waals surface area contributed by atoms with Crippen molar-refractivity contribution in [3.8, 4) is 0 Å². The Labute approximate surface area is 181 Å². The first-order chi connectivity index (χ1) is 14.4. The molecule has 1 saturated carbocycles. The van der Waals surface area contributed by atoms with Crippen molar-refractivity contribution in [2.45, 2.75) is 42.6 Å². The van der Waals surface area contributed by atoms with Crippen LogP contribution in [0.15, 0.2) is 46.2 Å². The number of nitrogens with one attached hydrogen (secondary N) is 1. The van der Waals surface area contributed by atoms with E-state index >= 15 is 0 Å². The minimum atomic E-state index is -0.542. The average molecular weight is 448 g/mol. The molecule has 2 aromatic heterocycles. The zero-order chi connectivity index (χ0) is 21.3. The van der Waals surface area contributed by atoms with Crippen LogP contribution in [0.25, 0.3) is 0 Å². The Kier molecular flexibility index (Phi) is 5.78. The van der Waals surface area contributed by atoms with Crippen LogP contribution >= 0.6 is 23.4 Å². The van der Waals surface area contributed by atoms with Gasteiger partial charge in [-0.2, -0.15) is 0 Å². The molecule has 156 valence electrons. The molecule has 1 fully saturated rings. The fourth-order valence-corrected chi connectivity index (χ4v) is 3.98. The van der Waals surface area contributed by atoms with E-state index < -0.39 is 10.2 Å². The molecule has 1 atom stereocenters. The number of carbonyl (C=O) groups excluding carboxylic acids is 1. The van der Waals surface area contributed by atoms with Crippen molar-refractivity contribution in [3.63, 3.8) is 0 Å². The molecule has 2 heterocycles. The lowest BCUT2D eigenvalue weighted by Gasteiger charge is -2.14. The minimum Gasteiger partial charge on any atom is -0.467 e. The number of benzene rings is 1. The number of carbonyl (C=O) groups is 1. The number of nitro groups is 1. The molecule has 1 aliphatic carbocycles. The van der Waals surface area contributed by atoms with E-state index in [0.717, 1.165) is 24.4 Å². The zero-order valence-corrected chi connectivity index (χ0v) is 17.5. The number of halogens is 1. The minimum absolute atomic E-state index is 0.103. The number of hydrogen-bond donors (Lipinski definition) is 1. The second-order valence-corrected chi connectivity index (χ2v) is 8.67. The van der Waals surface area contributed by atoms with Crippen molar-refractivity contribution >= 4 is 40.6 Å². The molecule has 1 aromatic carbocycles. The molecule has 0 bridgehead atoms. The summed E-state index contributed by atoms with van der Waals surface area (Å²) in [5.41, 5.74) is 0.175. The van der Waals surface area contributed by atoms with E-state index in [9.17, 15) is 14.9 Å². The summed E-state index contributed by atoms with van der Waals surface area (Å²) in [7, 11) is 0. The van der Waals surface area contributed by atoms with Crippen LogP contribution in [0.2, 0.25) is 5.02 Å². The number of thioether (sulfide) groups is 1. The van der Waals surface area contributed by atoms with Crippen LogP contribution in [0.1, 0.15) is 37.3 Å². The summed E-state index contributed by atoms with van der Waals surface area (Å²) >= 11 is 7.35. The van der Waals surface area contributed by atoms with Gasteiger partial charge in [0.15, 0.2) is 5.16 Å². The summed E-state index contributed by atoms with van der Waals surface area (Å²) in [5.74, 6) is 1.79. The molecule has 4 rings (SSSR count). The maximum atomic E-state index is 12.7. The van der Waals surface area contributed by atoms with E-state index in [1.165, 1.54) is 30.0 Å². The lowest BCUT2D eigenvalue weighted by molar-refractivity contribution is -0.384. The van der Waals surface area contributed by atoms with E-state index in [4.69, 9.17) is 16.0 Å². The van der Waals surface area contributed by atoms with E-state index in [0.29, 0.717) is 23.3 Å². The number of nitrogens with zero attached hydrogens (tertiary/aromatic N) is 4. The molecule has 0 spiro atoms. The quantitative estimate of drug-likeness (QED) is 0.307. The Morgan fingerprint density at radius 3 is 2.87 bits per heavy atom. The van der Waals surface area contributed by atoms with Gasteiger partial charge in [-0.3, -0.25) is 19.5 Å². The molecule has 0 saturated heterocycles. The molecular weight excluding hydrogens is 430 g/mol. The fourth-order valence-electron chi connectivity index (χ4n) is 2.90. The third-order valence-corrected chi connectivity index (χ3v) is 6.05. The molecule has 1 unspecified atom stereocenters. The van der Waals surface area contributed by atoms with Crippen molar-refractivity contribution in [1.29, 1.82) is 0 Å².